The van der Waals surface area contributed by atoms with E-state index in [0.29, 0.717) is 33.9 Å². The number of fused-ring (bicyclic) bond motifs is 1. The van der Waals surface area contributed by atoms with Gasteiger partial charge < -0.3 is 20.2 Å². The molecule has 3 aromatic carbocycles. The Morgan fingerprint density at radius 2 is 1.64 bits per heavy atom. The minimum Gasteiger partial charge on any atom is -0.355 e. The standard InChI is InChI=1S/C28H20F6N6O2/c1-14-7-8-16(12-21(14)36-15-9-10-20-18(11-15)25(42)40(2)13-35-20)37-24(41)23-22(38-26(39-23)28(32,33)34)17-5-3-4-6-19(17)27(29,30)31/h3-13,36H,1-2H3,(H,37,41)(H,38,39). The Morgan fingerprint density at radius 1 is 0.929 bits per heavy atom. The second-order valence-corrected chi connectivity index (χ2v) is 9.35. The van der Waals surface area contributed by atoms with Gasteiger partial charge in [-0.15, -0.1) is 0 Å². The normalized spacial score (nSPS) is 12.0. The lowest BCUT2D eigenvalue weighted by atomic mass is 10.0. The molecule has 0 spiro atoms. The predicted molar refractivity (Wildman–Crippen MR) is 143 cm³/mol. The number of carbonyl (C=O) groups excluding carboxylic acids is 1. The zero-order chi connectivity index (χ0) is 30.4. The lowest BCUT2D eigenvalue weighted by molar-refractivity contribution is -0.144. The van der Waals surface area contributed by atoms with E-state index >= 15 is 0 Å². The van der Waals surface area contributed by atoms with Crippen LogP contribution in [0.25, 0.3) is 22.2 Å². The smallest absolute Gasteiger partial charge is 0.355 e. The van der Waals surface area contributed by atoms with E-state index in [0.717, 1.165) is 12.1 Å². The highest BCUT2D eigenvalue weighted by Crippen LogP contribution is 2.39. The van der Waals surface area contributed by atoms with Crippen molar-refractivity contribution in [3.05, 3.63) is 100.0 Å². The van der Waals surface area contributed by atoms with Gasteiger partial charge in [-0.3, -0.25) is 9.59 Å². The van der Waals surface area contributed by atoms with Crippen LogP contribution in [-0.4, -0.2) is 25.4 Å². The molecule has 42 heavy (non-hydrogen) atoms. The van der Waals surface area contributed by atoms with Crippen molar-refractivity contribution in [2.75, 3.05) is 10.6 Å². The summed E-state index contributed by atoms with van der Waals surface area (Å²) in [7, 11) is 1.57. The fraction of sp³-hybridized carbons (Fsp3) is 0.143. The van der Waals surface area contributed by atoms with Gasteiger partial charge in [0.2, 0.25) is 5.82 Å². The molecule has 216 valence electrons. The van der Waals surface area contributed by atoms with E-state index in [1.807, 2.05) is 4.98 Å². The molecule has 14 heteroatoms. The SMILES string of the molecule is Cc1ccc(NC(=O)c2[nH]c(C(F)(F)F)nc2-c2ccccc2C(F)(F)F)cc1Nc1ccc2ncn(C)c(=O)c2c1. The van der Waals surface area contributed by atoms with E-state index in [1.54, 1.807) is 38.2 Å². The molecule has 0 atom stereocenters. The summed E-state index contributed by atoms with van der Waals surface area (Å²) in [4.78, 5) is 35.0. The number of rotatable bonds is 5. The van der Waals surface area contributed by atoms with Gasteiger partial charge in [-0.25, -0.2) is 9.97 Å². The highest BCUT2D eigenvalue weighted by molar-refractivity contribution is 6.07. The van der Waals surface area contributed by atoms with Crippen molar-refractivity contribution in [2.24, 2.45) is 7.05 Å². The number of halogens is 6. The Labute approximate surface area is 233 Å². The average Bonchev–Trinajstić information content (AvgIpc) is 3.39. The zero-order valence-corrected chi connectivity index (χ0v) is 21.8. The number of aromatic amines is 1. The topological polar surface area (TPSA) is 105 Å². The Balaban J connectivity index is 1.49. The number of hydrogen-bond acceptors (Lipinski definition) is 5. The fourth-order valence-electron chi connectivity index (χ4n) is 4.28. The third kappa shape index (κ3) is 5.55. The van der Waals surface area contributed by atoms with Gasteiger partial charge in [-0.2, -0.15) is 26.3 Å². The molecule has 0 bridgehead atoms. The number of nitrogens with one attached hydrogen (secondary N) is 3. The van der Waals surface area contributed by atoms with Gasteiger partial charge in [0.25, 0.3) is 11.5 Å². The van der Waals surface area contributed by atoms with Crippen LogP contribution in [0.1, 0.15) is 27.4 Å². The molecule has 5 aromatic rings. The number of nitrogens with zero attached hydrogens (tertiary/aromatic N) is 3. The maximum absolute atomic E-state index is 13.7. The third-order valence-electron chi connectivity index (χ3n) is 6.38. The highest BCUT2D eigenvalue weighted by atomic mass is 19.4. The molecule has 8 nitrogen and oxygen atoms in total. The number of alkyl halides is 6. The van der Waals surface area contributed by atoms with E-state index in [-0.39, 0.29) is 11.2 Å². The quantitative estimate of drug-likeness (QED) is 0.200. The fourth-order valence-corrected chi connectivity index (χ4v) is 4.28. The molecule has 0 saturated heterocycles. The maximum Gasteiger partial charge on any atom is 0.449 e. The van der Waals surface area contributed by atoms with Crippen LogP contribution in [0.3, 0.4) is 0 Å². The molecular weight excluding hydrogens is 566 g/mol. The summed E-state index contributed by atoms with van der Waals surface area (Å²) in [5.74, 6) is -2.76. The maximum atomic E-state index is 13.7. The molecule has 2 aromatic heterocycles. The number of carbonyl (C=O) groups is 1. The van der Waals surface area contributed by atoms with Crippen molar-refractivity contribution in [1.82, 2.24) is 19.5 Å². The van der Waals surface area contributed by atoms with Crippen molar-refractivity contribution in [3.63, 3.8) is 0 Å². The van der Waals surface area contributed by atoms with Crippen molar-refractivity contribution in [2.45, 2.75) is 19.3 Å². The number of amides is 1. The number of H-pyrrole nitrogens is 1. The summed E-state index contributed by atoms with van der Waals surface area (Å²) in [5.41, 5.74) is -1.46. The first-order valence-corrected chi connectivity index (χ1v) is 12.2. The molecule has 2 heterocycles. The Kier molecular flexibility index (Phi) is 7.00. The number of aromatic nitrogens is 4. The first-order chi connectivity index (χ1) is 19.7. The number of aryl methyl sites for hydroxylation is 2. The molecular formula is C28H20F6N6O2. The van der Waals surface area contributed by atoms with Crippen LogP contribution in [0.4, 0.5) is 43.4 Å². The molecule has 0 unspecified atom stereocenters. The largest absolute Gasteiger partial charge is 0.449 e. The van der Waals surface area contributed by atoms with Crippen molar-refractivity contribution in [1.29, 1.82) is 0 Å². The van der Waals surface area contributed by atoms with Crippen molar-refractivity contribution >= 4 is 33.9 Å². The van der Waals surface area contributed by atoms with E-state index in [2.05, 4.69) is 20.6 Å². The molecule has 5 rings (SSSR count). The van der Waals surface area contributed by atoms with Gasteiger partial charge in [-0.1, -0.05) is 24.3 Å². The molecule has 1 amide bonds. The molecule has 0 aliphatic heterocycles. The first kappa shape index (κ1) is 28.4. The monoisotopic (exact) mass is 586 g/mol. The Morgan fingerprint density at radius 3 is 2.36 bits per heavy atom. The molecule has 0 aliphatic carbocycles. The summed E-state index contributed by atoms with van der Waals surface area (Å²) < 4.78 is 82.8. The second-order valence-electron chi connectivity index (χ2n) is 9.35. The van der Waals surface area contributed by atoms with Crippen LogP contribution < -0.4 is 16.2 Å². The first-order valence-electron chi connectivity index (χ1n) is 12.2. The van der Waals surface area contributed by atoms with E-state index < -0.39 is 46.6 Å². The molecule has 0 fully saturated rings. The predicted octanol–water partition coefficient (Wildman–Crippen LogP) is 6.67. The summed E-state index contributed by atoms with van der Waals surface area (Å²) in [6.45, 7) is 1.76. The van der Waals surface area contributed by atoms with Gasteiger partial charge in [0.1, 0.15) is 11.4 Å². The summed E-state index contributed by atoms with van der Waals surface area (Å²) in [6, 6.07) is 13.4. The minimum absolute atomic E-state index is 0.129. The summed E-state index contributed by atoms with van der Waals surface area (Å²) in [6.07, 6.45) is -8.57. The van der Waals surface area contributed by atoms with Crippen molar-refractivity contribution in [3.8, 4) is 11.3 Å². The van der Waals surface area contributed by atoms with Gasteiger partial charge in [0.15, 0.2) is 0 Å². The van der Waals surface area contributed by atoms with Crippen LogP contribution >= 0.6 is 0 Å². The van der Waals surface area contributed by atoms with Crippen LogP contribution in [0, 0.1) is 6.92 Å². The lowest BCUT2D eigenvalue weighted by Gasteiger charge is -2.14. The van der Waals surface area contributed by atoms with Crippen molar-refractivity contribution < 1.29 is 31.1 Å². The average molecular weight is 586 g/mol. The van der Waals surface area contributed by atoms with Gasteiger partial charge in [-0.05, 0) is 48.9 Å². The third-order valence-corrected chi connectivity index (χ3v) is 6.38. The number of anilines is 3. The highest BCUT2D eigenvalue weighted by Gasteiger charge is 2.39. The van der Waals surface area contributed by atoms with E-state index in [4.69, 9.17) is 0 Å². The lowest BCUT2D eigenvalue weighted by Crippen LogP contribution is -2.17. The van der Waals surface area contributed by atoms with Gasteiger partial charge in [0, 0.05) is 29.7 Å². The minimum atomic E-state index is -5.06. The van der Waals surface area contributed by atoms with Crippen LogP contribution in [0.5, 0.6) is 0 Å². The zero-order valence-electron chi connectivity index (χ0n) is 21.8. The Bertz CT molecular complexity index is 1890. The number of imidazole rings is 1. The van der Waals surface area contributed by atoms with Crippen LogP contribution in [0.2, 0.25) is 0 Å². The summed E-state index contributed by atoms with van der Waals surface area (Å²) >= 11 is 0. The molecule has 3 N–H and O–H groups in total. The van der Waals surface area contributed by atoms with Gasteiger partial charge in [0.05, 0.1) is 22.8 Å². The summed E-state index contributed by atoms with van der Waals surface area (Å²) in [5, 5.41) is 5.92. The molecule has 0 radical (unpaired) electrons. The van der Waals surface area contributed by atoms with E-state index in [9.17, 15) is 35.9 Å². The van der Waals surface area contributed by atoms with Gasteiger partial charge >= 0.3 is 12.4 Å². The Hall–Kier alpha value is -5.14. The van der Waals surface area contributed by atoms with Crippen LogP contribution in [0.15, 0.2) is 71.8 Å². The number of benzene rings is 3. The molecule has 0 saturated carbocycles. The molecule has 0 aliphatic rings. The second kappa shape index (κ2) is 10.4. The number of hydrogen-bond donors (Lipinski definition) is 3. The van der Waals surface area contributed by atoms with Crippen LogP contribution in [-0.2, 0) is 19.4 Å². The van der Waals surface area contributed by atoms with E-state index in [1.165, 1.54) is 29.1 Å².